The number of carbonyl (C=O) groups excluding carboxylic acids is 2. The van der Waals surface area contributed by atoms with Crippen molar-refractivity contribution in [1.29, 1.82) is 0 Å². The Labute approximate surface area is 172 Å². The number of rotatable bonds is 6. The maximum absolute atomic E-state index is 13.6. The Bertz CT molecular complexity index is 1080. The summed E-state index contributed by atoms with van der Waals surface area (Å²) >= 11 is 0. The number of alkyl halides is 2. The Hall–Kier alpha value is -3.29. The summed E-state index contributed by atoms with van der Waals surface area (Å²) in [5.74, 6) is -0.393. The monoisotopic (exact) mass is 412 g/mol. The fourth-order valence-corrected chi connectivity index (χ4v) is 3.77. The molecule has 6 nitrogen and oxygen atoms in total. The van der Waals surface area contributed by atoms with Crippen molar-refractivity contribution < 1.29 is 18.4 Å². The Morgan fingerprint density at radius 3 is 2.57 bits per heavy atom. The molecule has 1 N–H and O–H groups in total. The molecule has 0 radical (unpaired) electrons. The highest BCUT2D eigenvalue weighted by molar-refractivity contribution is 5.97. The molecule has 0 bridgehead atoms. The SMILES string of the molecule is CC(CNC(=O)c1ccc(N2CCCC2=O)cc1)c1nc2ccccc2n1C(F)F. The normalized spacial score (nSPS) is 15.2. The van der Waals surface area contributed by atoms with E-state index in [9.17, 15) is 18.4 Å². The van der Waals surface area contributed by atoms with Gasteiger partial charge in [0.05, 0.1) is 11.0 Å². The molecule has 1 unspecified atom stereocenters. The van der Waals surface area contributed by atoms with E-state index in [1.807, 2.05) is 0 Å². The molecule has 1 aliphatic rings. The summed E-state index contributed by atoms with van der Waals surface area (Å²) < 4.78 is 28.1. The van der Waals surface area contributed by atoms with Crippen molar-refractivity contribution in [2.75, 3.05) is 18.0 Å². The van der Waals surface area contributed by atoms with E-state index >= 15 is 0 Å². The third-order valence-electron chi connectivity index (χ3n) is 5.34. The van der Waals surface area contributed by atoms with Crippen LogP contribution in [0.1, 0.15) is 48.4 Å². The van der Waals surface area contributed by atoms with Crippen LogP contribution in [0.25, 0.3) is 11.0 Å². The van der Waals surface area contributed by atoms with Gasteiger partial charge in [-0.25, -0.2) is 4.98 Å². The van der Waals surface area contributed by atoms with Gasteiger partial charge >= 0.3 is 6.55 Å². The number of hydrogen-bond donors (Lipinski definition) is 1. The molecule has 30 heavy (non-hydrogen) atoms. The van der Waals surface area contributed by atoms with Crippen LogP contribution in [0.3, 0.4) is 0 Å². The molecule has 2 aromatic carbocycles. The van der Waals surface area contributed by atoms with Crippen molar-refractivity contribution in [3.05, 3.63) is 59.9 Å². The van der Waals surface area contributed by atoms with Crippen molar-refractivity contribution in [3.8, 4) is 0 Å². The first-order chi connectivity index (χ1) is 14.5. The molecule has 1 aromatic heterocycles. The number of halogens is 2. The highest BCUT2D eigenvalue weighted by Gasteiger charge is 2.23. The Balaban J connectivity index is 1.44. The lowest BCUT2D eigenvalue weighted by Crippen LogP contribution is -2.29. The van der Waals surface area contributed by atoms with Crippen LogP contribution in [0.2, 0.25) is 0 Å². The van der Waals surface area contributed by atoms with Gasteiger partial charge in [-0.3, -0.25) is 14.2 Å². The van der Waals surface area contributed by atoms with Gasteiger partial charge in [-0.1, -0.05) is 19.1 Å². The van der Waals surface area contributed by atoms with E-state index < -0.39 is 12.5 Å². The second-order valence-corrected chi connectivity index (χ2v) is 7.41. The van der Waals surface area contributed by atoms with Gasteiger partial charge in [-0.15, -0.1) is 0 Å². The molecule has 1 saturated heterocycles. The van der Waals surface area contributed by atoms with Gasteiger partial charge in [-0.2, -0.15) is 8.78 Å². The third-order valence-corrected chi connectivity index (χ3v) is 5.34. The van der Waals surface area contributed by atoms with Crippen LogP contribution in [0.5, 0.6) is 0 Å². The van der Waals surface area contributed by atoms with E-state index in [4.69, 9.17) is 0 Å². The molecular formula is C22H22F2N4O2. The van der Waals surface area contributed by atoms with Gasteiger partial charge in [0.1, 0.15) is 5.82 Å². The first-order valence-corrected chi connectivity index (χ1v) is 9.89. The minimum absolute atomic E-state index is 0.0861. The van der Waals surface area contributed by atoms with Gasteiger partial charge in [0.2, 0.25) is 5.91 Å². The number of imidazole rings is 1. The van der Waals surface area contributed by atoms with Crippen LogP contribution in [0.15, 0.2) is 48.5 Å². The smallest absolute Gasteiger partial charge is 0.320 e. The molecule has 2 amide bonds. The number of benzene rings is 2. The van der Waals surface area contributed by atoms with Gasteiger partial charge < -0.3 is 10.2 Å². The molecular weight excluding hydrogens is 390 g/mol. The quantitative estimate of drug-likeness (QED) is 0.663. The maximum atomic E-state index is 13.6. The summed E-state index contributed by atoms with van der Waals surface area (Å²) in [6, 6.07) is 13.6. The second-order valence-electron chi connectivity index (χ2n) is 7.41. The van der Waals surface area contributed by atoms with E-state index in [1.165, 1.54) is 0 Å². The number of aromatic nitrogens is 2. The lowest BCUT2D eigenvalue weighted by molar-refractivity contribution is -0.117. The first-order valence-electron chi connectivity index (χ1n) is 9.89. The molecule has 0 saturated carbocycles. The van der Waals surface area contributed by atoms with E-state index in [-0.39, 0.29) is 24.2 Å². The van der Waals surface area contributed by atoms with Crippen molar-refractivity contribution in [1.82, 2.24) is 14.9 Å². The molecule has 1 atom stereocenters. The molecule has 1 aliphatic heterocycles. The molecule has 8 heteroatoms. The largest absolute Gasteiger partial charge is 0.351 e. The fourth-order valence-electron chi connectivity index (χ4n) is 3.77. The minimum Gasteiger partial charge on any atom is -0.351 e. The van der Waals surface area contributed by atoms with Gasteiger partial charge in [0.15, 0.2) is 0 Å². The average molecular weight is 412 g/mol. The number of fused-ring (bicyclic) bond motifs is 1. The fraction of sp³-hybridized carbons (Fsp3) is 0.318. The zero-order valence-electron chi connectivity index (χ0n) is 16.5. The van der Waals surface area contributed by atoms with Crippen molar-refractivity contribution in [2.24, 2.45) is 0 Å². The molecule has 3 aromatic rings. The summed E-state index contributed by atoms with van der Waals surface area (Å²) in [5.41, 5.74) is 2.08. The maximum Gasteiger partial charge on any atom is 0.320 e. The van der Waals surface area contributed by atoms with Crippen LogP contribution in [-0.2, 0) is 4.79 Å². The van der Waals surface area contributed by atoms with Crippen LogP contribution >= 0.6 is 0 Å². The summed E-state index contributed by atoms with van der Waals surface area (Å²) in [7, 11) is 0. The van der Waals surface area contributed by atoms with Gasteiger partial charge in [0, 0.05) is 36.7 Å². The third kappa shape index (κ3) is 3.77. The predicted octanol–water partition coefficient (Wildman–Crippen LogP) is 4.09. The standard InChI is InChI=1S/C22H22F2N4O2/c1-14(20-26-17-5-2-3-6-18(17)28(20)22(23)24)13-25-21(30)15-8-10-16(11-9-15)27-12-4-7-19(27)29/h2-3,5-6,8-11,14,22H,4,7,12-13H2,1H3,(H,25,30). The van der Waals surface area contributed by atoms with E-state index in [0.29, 0.717) is 29.6 Å². The van der Waals surface area contributed by atoms with Gasteiger partial charge in [0.25, 0.3) is 5.91 Å². The zero-order valence-corrected chi connectivity index (χ0v) is 16.5. The Morgan fingerprint density at radius 1 is 1.17 bits per heavy atom. The first kappa shape index (κ1) is 20.0. The minimum atomic E-state index is -2.72. The van der Waals surface area contributed by atoms with Crippen LogP contribution in [-0.4, -0.2) is 34.5 Å². The lowest BCUT2D eigenvalue weighted by atomic mass is 10.1. The van der Waals surface area contributed by atoms with E-state index in [0.717, 1.165) is 16.7 Å². The summed E-state index contributed by atoms with van der Waals surface area (Å²) in [6.45, 7) is -0.108. The van der Waals surface area contributed by atoms with Crippen molar-refractivity contribution >= 4 is 28.5 Å². The summed E-state index contributed by atoms with van der Waals surface area (Å²) in [4.78, 5) is 30.4. The topological polar surface area (TPSA) is 67.2 Å². The van der Waals surface area contributed by atoms with E-state index in [2.05, 4.69) is 10.3 Å². The number of anilines is 1. The number of amides is 2. The Morgan fingerprint density at radius 2 is 1.90 bits per heavy atom. The zero-order chi connectivity index (χ0) is 21.3. The summed E-state index contributed by atoms with van der Waals surface area (Å²) in [6.07, 6.45) is 1.38. The van der Waals surface area contributed by atoms with Crippen molar-refractivity contribution in [2.45, 2.75) is 32.2 Å². The molecule has 156 valence electrons. The highest BCUT2D eigenvalue weighted by Crippen LogP contribution is 2.27. The number of nitrogens with one attached hydrogen (secondary N) is 1. The molecule has 2 heterocycles. The number of carbonyl (C=O) groups is 2. The predicted molar refractivity (Wildman–Crippen MR) is 110 cm³/mol. The van der Waals surface area contributed by atoms with Crippen LogP contribution < -0.4 is 10.2 Å². The number of nitrogens with zero attached hydrogens (tertiary/aromatic N) is 3. The Kier molecular flexibility index (Phi) is 5.48. The molecule has 0 aliphatic carbocycles. The van der Waals surface area contributed by atoms with E-state index in [1.54, 1.807) is 60.4 Å². The van der Waals surface area contributed by atoms with Crippen LogP contribution in [0, 0.1) is 0 Å². The lowest BCUT2D eigenvalue weighted by Gasteiger charge is -2.17. The molecule has 0 spiro atoms. The number of hydrogen-bond acceptors (Lipinski definition) is 3. The van der Waals surface area contributed by atoms with Crippen molar-refractivity contribution in [3.63, 3.8) is 0 Å². The van der Waals surface area contributed by atoms with Gasteiger partial charge in [-0.05, 0) is 42.8 Å². The molecule has 1 fully saturated rings. The summed E-state index contributed by atoms with van der Waals surface area (Å²) in [5, 5.41) is 2.79. The van der Waals surface area contributed by atoms with Crippen LogP contribution in [0.4, 0.5) is 14.5 Å². The number of para-hydroxylation sites is 2. The molecule has 4 rings (SSSR count). The average Bonchev–Trinajstić information content (AvgIpc) is 3.35. The second kappa shape index (κ2) is 8.22. The highest BCUT2D eigenvalue weighted by atomic mass is 19.3.